The molecule has 0 bridgehead atoms. The predicted octanol–water partition coefficient (Wildman–Crippen LogP) is 1.87. The maximum absolute atomic E-state index is 12.2. The third-order valence-corrected chi connectivity index (χ3v) is 4.12. The van der Waals surface area contributed by atoms with E-state index >= 15 is 0 Å². The molecule has 0 aliphatic heterocycles. The summed E-state index contributed by atoms with van der Waals surface area (Å²) in [6.07, 6.45) is 1.71. The van der Waals surface area contributed by atoms with Crippen molar-refractivity contribution in [1.82, 2.24) is 20.3 Å². The number of thiophene rings is 1. The van der Waals surface area contributed by atoms with Gasteiger partial charge in [0.15, 0.2) is 0 Å². The molecule has 1 amide bonds. The van der Waals surface area contributed by atoms with Crippen molar-refractivity contribution < 1.29 is 4.79 Å². The molecule has 6 nitrogen and oxygen atoms in total. The molecule has 2 heterocycles. The van der Waals surface area contributed by atoms with E-state index in [2.05, 4.69) is 29.5 Å². The van der Waals surface area contributed by atoms with Crippen LogP contribution in [0.1, 0.15) is 43.4 Å². The summed E-state index contributed by atoms with van der Waals surface area (Å²) in [4.78, 5) is 13.3. The van der Waals surface area contributed by atoms with Crippen LogP contribution >= 0.6 is 11.3 Å². The minimum atomic E-state index is -0.184. The Labute approximate surface area is 128 Å². The number of carbonyl (C=O) groups is 1. The van der Waals surface area contributed by atoms with Crippen molar-refractivity contribution in [2.75, 3.05) is 0 Å². The number of carbonyl (C=O) groups excluding carboxylic acids is 1. The monoisotopic (exact) mass is 307 g/mol. The van der Waals surface area contributed by atoms with E-state index in [0.29, 0.717) is 11.6 Å². The summed E-state index contributed by atoms with van der Waals surface area (Å²) in [6, 6.07) is 3.87. The normalized spacial score (nSPS) is 14.1. The molecule has 0 fully saturated rings. The average molecular weight is 307 g/mol. The van der Waals surface area contributed by atoms with Gasteiger partial charge in [-0.2, -0.15) is 0 Å². The number of nitrogens with one attached hydrogen (secondary N) is 1. The SMILES string of the molecule is CC(N)c1cn(CC(=O)NC(c2cccs2)C(C)C)nn1. The summed E-state index contributed by atoms with van der Waals surface area (Å²) in [5.74, 6) is 0.242. The van der Waals surface area contributed by atoms with Gasteiger partial charge in [0.2, 0.25) is 5.91 Å². The number of amides is 1. The Morgan fingerprint density at radius 2 is 2.24 bits per heavy atom. The topological polar surface area (TPSA) is 85.8 Å². The first-order valence-corrected chi connectivity index (χ1v) is 7.83. The van der Waals surface area contributed by atoms with Gasteiger partial charge in [-0.25, -0.2) is 4.68 Å². The first-order chi connectivity index (χ1) is 9.97. The molecule has 2 rings (SSSR count). The highest BCUT2D eigenvalue weighted by atomic mass is 32.1. The van der Waals surface area contributed by atoms with Crippen LogP contribution in [0.5, 0.6) is 0 Å². The van der Waals surface area contributed by atoms with Crippen molar-refractivity contribution in [3.8, 4) is 0 Å². The van der Waals surface area contributed by atoms with Crippen LogP contribution in [0, 0.1) is 5.92 Å². The second-order valence-corrected chi connectivity index (χ2v) is 6.41. The van der Waals surface area contributed by atoms with Gasteiger partial charge in [0.25, 0.3) is 0 Å². The molecule has 0 saturated heterocycles. The van der Waals surface area contributed by atoms with Gasteiger partial charge in [-0.15, -0.1) is 16.4 Å². The zero-order valence-electron chi connectivity index (χ0n) is 12.5. The van der Waals surface area contributed by atoms with Crippen molar-refractivity contribution in [3.05, 3.63) is 34.3 Å². The van der Waals surface area contributed by atoms with Crippen molar-refractivity contribution in [1.29, 1.82) is 0 Å². The Kier molecular flexibility index (Phi) is 5.08. The van der Waals surface area contributed by atoms with E-state index in [9.17, 15) is 4.79 Å². The number of aromatic nitrogens is 3. The van der Waals surface area contributed by atoms with E-state index in [1.54, 1.807) is 17.5 Å². The van der Waals surface area contributed by atoms with Crippen LogP contribution in [0.25, 0.3) is 0 Å². The summed E-state index contributed by atoms with van der Waals surface area (Å²) in [6.45, 7) is 6.16. The van der Waals surface area contributed by atoms with E-state index < -0.39 is 0 Å². The Hall–Kier alpha value is -1.73. The summed E-state index contributed by atoms with van der Waals surface area (Å²) in [5, 5.41) is 12.9. The van der Waals surface area contributed by atoms with Gasteiger partial charge >= 0.3 is 0 Å². The fraction of sp³-hybridized carbons (Fsp3) is 0.500. The molecule has 3 N–H and O–H groups in total. The summed E-state index contributed by atoms with van der Waals surface area (Å²) in [5.41, 5.74) is 6.41. The highest BCUT2D eigenvalue weighted by Crippen LogP contribution is 2.25. The van der Waals surface area contributed by atoms with Gasteiger partial charge < -0.3 is 11.1 Å². The van der Waals surface area contributed by atoms with Crippen molar-refractivity contribution in [2.24, 2.45) is 11.7 Å². The molecule has 21 heavy (non-hydrogen) atoms. The second kappa shape index (κ2) is 6.82. The number of hydrogen-bond donors (Lipinski definition) is 2. The lowest BCUT2D eigenvalue weighted by Gasteiger charge is -2.21. The summed E-state index contributed by atoms with van der Waals surface area (Å²) in [7, 11) is 0. The maximum Gasteiger partial charge on any atom is 0.242 e. The largest absolute Gasteiger partial charge is 0.347 e. The lowest BCUT2D eigenvalue weighted by Crippen LogP contribution is -2.33. The van der Waals surface area contributed by atoms with Crippen LogP contribution in [0.4, 0.5) is 0 Å². The van der Waals surface area contributed by atoms with Gasteiger partial charge in [-0.05, 0) is 24.3 Å². The van der Waals surface area contributed by atoms with Crippen LogP contribution in [0.15, 0.2) is 23.7 Å². The third kappa shape index (κ3) is 4.12. The van der Waals surface area contributed by atoms with E-state index in [4.69, 9.17) is 5.73 Å². The number of nitrogens with zero attached hydrogens (tertiary/aromatic N) is 3. The van der Waals surface area contributed by atoms with Crippen LogP contribution in [-0.2, 0) is 11.3 Å². The molecule has 0 radical (unpaired) electrons. The highest BCUT2D eigenvalue weighted by molar-refractivity contribution is 7.10. The summed E-state index contributed by atoms with van der Waals surface area (Å²) < 4.78 is 1.51. The lowest BCUT2D eigenvalue weighted by molar-refractivity contribution is -0.122. The summed E-state index contributed by atoms with van der Waals surface area (Å²) >= 11 is 1.65. The second-order valence-electron chi connectivity index (χ2n) is 5.43. The van der Waals surface area contributed by atoms with Gasteiger partial charge in [0, 0.05) is 10.9 Å². The highest BCUT2D eigenvalue weighted by Gasteiger charge is 2.19. The number of hydrogen-bond acceptors (Lipinski definition) is 5. The third-order valence-electron chi connectivity index (χ3n) is 3.16. The minimum absolute atomic E-state index is 0.0222. The van der Waals surface area contributed by atoms with Gasteiger partial charge in [0.1, 0.15) is 6.54 Å². The standard InChI is InChI=1S/C14H21N5OS/c1-9(2)14(12-5-4-6-21-12)16-13(20)8-19-7-11(10(3)15)17-18-19/h4-7,9-10,14H,8,15H2,1-3H3,(H,16,20). The first-order valence-electron chi connectivity index (χ1n) is 6.95. The van der Waals surface area contributed by atoms with Gasteiger partial charge in [-0.1, -0.05) is 25.1 Å². The van der Waals surface area contributed by atoms with Gasteiger partial charge in [0.05, 0.1) is 17.9 Å². The van der Waals surface area contributed by atoms with E-state index in [1.165, 1.54) is 4.68 Å². The zero-order chi connectivity index (χ0) is 15.4. The molecule has 0 aliphatic rings. The Morgan fingerprint density at radius 3 is 2.76 bits per heavy atom. The average Bonchev–Trinajstić information content (AvgIpc) is 3.06. The molecule has 0 saturated carbocycles. The smallest absolute Gasteiger partial charge is 0.242 e. The molecular formula is C14H21N5OS. The van der Waals surface area contributed by atoms with E-state index in [-0.39, 0.29) is 24.5 Å². The van der Waals surface area contributed by atoms with Crippen LogP contribution in [0.3, 0.4) is 0 Å². The molecule has 0 aliphatic carbocycles. The van der Waals surface area contributed by atoms with Crippen LogP contribution in [0.2, 0.25) is 0 Å². The molecule has 2 aromatic rings. The Morgan fingerprint density at radius 1 is 1.48 bits per heavy atom. The van der Waals surface area contributed by atoms with Crippen molar-refractivity contribution >= 4 is 17.2 Å². The minimum Gasteiger partial charge on any atom is -0.347 e. The zero-order valence-corrected chi connectivity index (χ0v) is 13.3. The van der Waals surface area contributed by atoms with Crippen LogP contribution in [-0.4, -0.2) is 20.9 Å². The fourth-order valence-electron chi connectivity index (χ4n) is 2.00. The maximum atomic E-state index is 12.2. The Bertz CT molecular complexity index is 576. The van der Waals surface area contributed by atoms with E-state index in [1.807, 2.05) is 24.4 Å². The van der Waals surface area contributed by atoms with Crippen LogP contribution < -0.4 is 11.1 Å². The van der Waals surface area contributed by atoms with Crippen molar-refractivity contribution in [3.63, 3.8) is 0 Å². The van der Waals surface area contributed by atoms with E-state index in [0.717, 1.165) is 4.88 Å². The quantitative estimate of drug-likeness (QED) is 0.853. The molecular weight excluding hydrogens is 286 g/mol. The molecule has 7 heteroatoms. The van der Waals surface area contributed by atoms with Crippen molar-refractivity contribution in [2.45, 2.75) is 39.4 Å². The first kappa shape index (κ1) is 15.7. The number of nitrogens with two attached hydrogens (primary N) is 1. The fourth-order valence-corrected chi connectivity index (χ4v) is 2.95. The molecule has 0 aromatic carbocycles. The molecule has 2 aromatic heterocycles. The molecule has 2 unspecified atom stereocenters. The van der Waals surface area contributed by atoms with Gasteiger partial charge in [-0.3, -0.25) is 4.79 Å². The molecule has 0 spiro atoms. The molecule has 2 atom stereocenters. The predicted molar refractivity (Wildman–Crippen MR) is 82.7 cm³/mol. The number of rotatable bonds is 6. The molecule has 114 valence electrons. The lowest BCUT2D eigenvalue weighted by atomic mass is 10.0. The Balaban J connectivity index is 1.99.